The van der Waals surface area contributed by atoms with E-state index in [9.17, 15) is 9.59 Å². The molecule has 0 aliphatic carbocycles. The molecule has 0 saturated carbocycles. The lowest BCUT2D eigenvalue weighted by molar-refractivity contribution is -0.137. The molecule has 2 aromatic heterocycles. The fourth-order valence-corrected chi connectivity index (χ4v) is 3.13. The van der Waals surface area contributed by atoms with Crippen LogP contribution in [0, 0.1) is 13.8 Å². The average Bonchev–Trinajstić information content (AvgIpc) is 2.76. The van der Waals surface area contributed by atoms with E-state index in [1.807, 2.05) is 0 Å². The number of carboxylic acid groups (broad SMARTS) is 1. The number of rotatable bonds is 5. The third-order valence-electron chi connectivity index (χ3n) is 3.09. The predicted molar refractivity (Wildman–Crippen MR) is 83.6 cm³/mol. The minimum atomic E-state index is -0.983. The quantitative estimate of drug-likeness (QED) is 0.814. The topological polar surface area (TPSA) is 101 Å². The van der Waals surface area contributed by atoms with Crippen molar-refractivity contribution < 1.29 is 19.4 Å². The van der Waals surface area contributed by atoms with Gasteiger partial charge in [0.15, 0.2) is 0 Å². The Morgan fingerprint density at radius 2 is 2.05 bits per heavy atom. The van der Waals surface area contributed by atoms with Crippen molar-refractivity contribution in [2.24, 2.45) is 0 Å². The van der Waals surface area contributed by atoms with Crippen LogP contribution >= 0.6 is 11.3 Å². The maximum absolute atomic E-state index is 12.0. The summed E-state index contributed by atoms with van der Waals surface area (Å²) in [6.45, 7) is 7.06. The number of carboxylic acids is 1. The number of aromatic nitrogens is 2. The summed E-state index contributed by atoms with van der Waals surface area (Å²) in [6, 6.07) is -0.803. The fourth-order valence-electron chi connectivity index (χ4n) is 2.01. The smallest absolute Gasteiger partial charge is 0.348 e. The van der Waals surface area contributed by atoms with Crippen molar-refractivity contribution in [2.75, 3.05) is 11.9 Å². The van der Waals surface area contributed by atoms with Crippen LogP contribution in [0.5, 0.6) is 0 Å². The first kappa shape index (κ1) is 16.2. The van der Waals surface area contributed by atoms with Crippen molar-refractivity contribution >= 4 is 39.3 Å². The number of esters is 1. The highest BCUT2D eigenvalue weighted by atomic mass is 32.1. The number of thiophene rings is 1. The van der Waals surface area contributed by atoms with Crippen LogP contribution in [-0.2, 0) is 9.53 Å². The number of aliphatic carboxylic acids is 1. The monoisotopic (exact) mass is 323 g/mol. The zero-order valence-electron chi connectivity index (χ0n) is 12.8. The van der Waals surface area contributed by atoms with Gasteiger partial charge >= 0.3 is 11.9 Å². The Hall–Kier alpha value is -2.22. The molecule has 2 N–H and O–H groups in total. The van der Waals surface area contributed by atoms with Gasteiger partial charge in [0.25, 0.3) is 0 Å². The number of anilines is 1. The third kappa shape index (κ3) is 3.01. The number of fused-ring (bicyclic) bond motifs is 1. The Kier molecular flexibility index (Phi) is 4.60. The van der Waals surface area contributed by atoms with E-state index < -0.39 is 18.0 Å². The molecule has 1 atom stereocenters. The van der Waals surface area contributed by atoms with Crippen molar-refractivity contribution in [3.8, 4) is 0 Å². The molecule has 22 heavy (non-hydrogen) atoms. The standard InChI is InChI=1S/C14H17N3O4S/c1-5-21-14(20)10-6(2)9-11(15-7(3)13(18)19)16-8(4)17-12(9)22-10/h7H,5H2,1-4H3,(H,18,19)(H,15,16,17). The van der Waals surface area contributed by atoms with Crippen molar-refractivity contribution in [1.82, 2.24) is 9.97 Å². The van der Waals surface area contributed by atoms with E-state index in [4.69, 9.17) is 9.84 Å². The third-order valence-corrected chi connectivity index (χ3v) is 4.25. The molecule has 0 bridgehead atoms. The molecule has 0 radical (unpaired) electrons. The van der Waals surface area contributed by atoms with E-state index in [1.165, 1.54) is 18.3 Å². The molecule has 0 saturated heterocycles. The van der Waals surface area contributed by atoms with Crippen LogP contribution in [0.3, 0.4) is 0 Å². The maximum atomic E-state index is 12.0. The molecule has 0 aliphatic rings. The van der Waals surface area contributed by atoms with Crippen LogP contribution in [0.25, 0.3) is 10.2 Å². The lowest BCUT2D eigenvalue weighted by Gasteiger charge is -2.11. The minimum Gasteiger partial charge on any atom is -0.480 e. The predicted octanol–water partition coefficient (Wildman–Crippen LogP) is 2.37. The summed E-state index contributed by atoms with van der Waals surface area (Å²) in [6.07, 6.45) is 0. The lowest BCUT2D eigenvalue weighted by Crippen LogP contribution is -2.26. The Bertz CT molecular complexity index is 741. The van der Waals surface area contributed by atoms with Gasteiger partial charge in [0.2, 0.25) is 0 Å². The largest absolute Gasteiger partial charge is 0.480 e. The number of aryl methyl sites for hydroxylation is 2. The number of carbonyl (C=O) groups is 2. The molecular formula is C14H17N3O4S. The molecule has 2 aromatic rings. The Morgan fingerprint density at radius 1 is 1.36 bits per heavy atom. The summed E-state index contributed by atoms with van der Waals surface area (Å²) < 4.78 is 5.04. The van der Waals surface area contributed by atoms with Crippen LogP contribution in [0.4, 0.5) is 5.82 Å². The summed E-state index contributed by atoms with van der Waals surface area (Å²) in [5.41, 5.74) is 0.693. The maximum Gasteiger partial charge on any atom is 0.348 e. The van der Waals surface area contributed by atoms with E-state index in [-0.39, 0.29) is 0 Å². The van der Waals surface area contributed by atoms with Crippen molar-refractivity contribution in [2.45, 2.75) is 33.7 Å². The number of nitrogens with zero attached hydrogens (tertiary/aromatic N) is 2. The second-order valence-corrected chi connectivity index (χ2v) is 5.78. The van der Waals surface area contributed by atoms with Gasteiger partial charge in [-0.15, -0.1) is 11.3 Å². The number of nitrogens with one attached hydrogen (secondary N) is 1. The zero-order valence-corrected chi connectivity index (χ0v) is 13.6. The van der Waals surface area contributed by atoms with Crippen LogP contribution in [-0.4, -0.2) is 39.7 Å². The molecule has 2 rings (SSSR count). The molecule has 0 spiro atoms. The summed E-state index contributed by atoms with van der Waals surface area (Å²) >= 11 is 1.22. The second-order valence-electron chi connectivity index (χ2n) is 4.78. The minimum absolute atomic E-state index is 0.290. The van der Waals surface area contributed by atoms with Gasteiger partial charge < -0.3 is 15.2 Å². The Labute approximate surface area is 131 Å². The van der Waals surface area contributed by atoms with Gasteiger partial charge in [0.1, 0.15) is 27.4 Å². The van der Waals surface area contributed by atoms with E-state index in [1.54, 1.807) is 20.8 Å². The average molecular weight is 323 g/mol. The van der Waals surface area contributed by atoms with E-state index in [0.717, 1.165) is 0 Å². The van der Waals surface area contributed by atoms with Crippen molar-refractivity contribution in [3.05, 3.63) is 16.3 Å². The Morgan fingerprint density at radius 3 is 2.64 bits per heavy atom. The summed E-state index contributed by atoms with van der Waals surface area (Å²) in [5.74, 6) is -0.466. The molecule has 7 nitrogen and oxygen atoms in total. The van der Waals surface area contributed by atoms with Crippen LogP contribution in [0.15, 0.2) is 0 Å². The molecule has 1 unspecified atom stereocenters. The molecule has 0 fully saturated rings. The SMILES string of the molecule is CCOC(=O)c1sc2nc(C)nc(NC(C)C(=O)O)c2c1C. The molecule has 0 aliphatic heterocycles. The summed E-state index contributed by atoms with van der Waals surface area (Å²) in [4.78, 5) is 32.7. The summed E-state index contributed by atoms with van der Waals surface area (Å²) in [5, 5.41) is 12.6. The number of ether oxygens (including phenoxy) is 1. The first-order valence-corrected chi connectivity index (χ1v) is 7.61. The zero-order chi connectivity index (χ0) is 16.4. The van der Waals surface area contributed by atoms with Crippen molar-refractivity contribution in [1.29, 1.82) is 0 Å². The van der Waals surface area contributed by atoms with Gasteiger partial charge in [0.05, 0.1) is 12.0 Å². The number of hydrogen-bond donors (Lipinski definition) is 2. The molecule has 0 amide bonds. The van der Waals surface area contributed by atoms with E-state index >= 15 is 0 Å². The first-order chi connectivity index (χ1) is 10.3. The molecule has 2 heterocycles. The molecule has 0 aromatic carbocycles. The van der Waals surface area contributed by atoms with E-state index in [0.29, 0.717) is 38.9 Å². The van der Waals surface area contributed by atoms with Gasteiger partial charge in [0, 0.05) is 0 Å². The second kappa shape index (κ2) is 6.27. The van der Waals surface area contributed by atoms with Crippen molar-refractivity contribution in [3.63, 3.8) is 0 Å². The highest BCUT2D eigenvalue weighted by Crippen LogP contribution is 2.34. The lowest BCUT2D eigenvalue weighted by atomic mass is 10.2. The van der Waals surface area contributed by atoms with Crippen LogP contribution < -0.4 is 5.32 Å². The van der Waals surface area contributed by atoms with Gasteiger partial charge in [-0.2, -0.15) is 0 Å². The highest BCUT2D eigenvalue weighted by Gasteiger charge is 2.22. The van der Waals surface area contributed by atoms with Crippen LogP contribution in [0.2, 0.25) is 0 Å². The molecule has 118 valence electrons. The van der Waals surface area contributed by atoms with Gasteiger partial charge in [-0.1, -0.05) is 0 Å². The fraction of sp³-hybridized carbons (Fsp3) is 0.429. The van der Waals surface area contributed by atoms with E-state index in [2.05, 4.69) is 15.3 Å². The Balaban J connectivity index is 2.57. The highest BCUT2D eigenvalue weighted by molar-refractivity contribution is 7.20. The van der Waals surface area contributed by atoms with Gasteiger partial charge in [-0.25, -0.2) is 14.8 Å². The van der Waals surface area contributed by atoms with Gasteiger partial charge in [-0.3, -0.25) is 4.79 Å². The normalized spacial score (nSPS) is 12.2. The molecule has 8 heteroatoms. The van der Waals surface area contributed by atoms with Crippen LogP contribution in [0.1, 0.15) is 34.9 Å². The number of carbonyl (C=O) groups excluding carboxylic acids is 1. The number of hydrogen-bond acceptors (Lipinski definition) is 7. The summed E-state index contributed by atoms with van der Waals surface area (Å²) in [7, 11) is 0. The van der Waals surface area contributed by atoms with Gasteiger partial charge in [-0.05, 0) is 33.3 Å². The molecular weight excluding hydrogens is 306 g/mol. The first-order valence-electron chi connectivity index (χ1n) is 6.79.